The largest absolute Gasteiger partial charge is 0.443 e. The van der Waals surface area contributed by atoms with E-state index in [0.29, 0.717) is 17.8 Å². The second-order valence-electron chi connectivity index (χ2n) is 3.78. The highest BCUT2D eigenvalue weighted by Crippen LogP contribution is 2.34. The molecule has 1 aliphatic carbocycles. The number of nitrogens with two attached hydrogens (primary N) is 1. The number of hydrogen-bond acceptors (Lipinski definition) is 4. The number of aromatic nitrogens is 1. The molecule has 0 saturated carbocycles. The normalized spacial score (nSPS) is 24.2. The fourth-order valence-corrected chi connectivity index (χ4v) is 2.41. The maximum atomic E-state index is 12.3. The van der Waals surface area contributed by atoms with Gasteiger partial charge in [0.05, 0.1) is 4.88 Å². The maximum absolute atomic E-state index is 12.3. The van der Waals surface area contributed by atoms with Gasteiger partial charge in [-0.05, 0) is 6.42 Å². The van der Waals surface area contributed by atoms with E-state index in [1.165, 1.54) is 0 Å². The lowest BCUT2D eigenvalue weighted by atomic mass is 10.0. The number of halogens is 3. The fourth-order valence-electron chi connectivity index (χ4n) is 1.62. The second-order valence-corrected chi connectivity index (χ2v) is 4.81. The van der Waals surface area contributed by atoms with Crippen LogP contribution in [0.25, 0.3) is 0 Å². The number of carbonyl (C=O) groups excluding carboxylic acids is 1. The molecule has 0 bridgehead atoms. The van der Waals surface area contributed by atoms with E-state index in [-0.39, 0.29) is 16.7 Å². The number of Topliss-reactive ketones (excluding diaryl/α,β-unsaturated/α-hetero) is 1. The molecule has 3 nitrogen and oxygen atoms in total. The number of alkyl halides is 3. The van der Waals surface area contributed by atoms with Crippen molar-refractivity contribution in [1.82, 2.24) is 4.98 Å². The summed E-state index contributed by atoms with van der Waals surface area (Å²) in [5.74, 6) is -0.770. The number of thiazole rings is 1. The number of rotatable bonds is 2. The molecule has 2 atom stereocenters. The molecule has 0 radical (unpaired) electrons. The minimum atomic E-state index is -4.49. The lowest BCUT2D eigenvalue weighted by Gasteiger charge is -2.05. The Morgan fingerprint density at radius 3 is 2.65 bits per heavy atom. The van der Waals surface area contributed by atoms with Crippen molar-refractivity contribution in [2.75, 3.05) is 0 Å². The minimum Gasteiger partial charge on any atom is -0.324 e. The van der Waals surface area contributed by atoms with E-state index < -0.39 is 17.1 Å². The average molecular weight is 262 g/mol. The zero-order chi connectivity index (χ0) is 12.6. The van der Waals surface area contributed by atoms with Gasteiger partial charge in [0, 0.05) is 18.2 Å². The lowest BCUT2D eigenvalue weighted by molar-refractivity contribution is -0.137. The van der Waals surface area contributed by atoms with Crippen LogP contribution in [0.5, 0.6) is 0 Å². The van der Waals surface area contributed by atoms with Crippen molar-refractivity contribution in [3.8, 4) is 0 Å². The predicted molar refractivity (Wildman–Crippen MR) is 56.7 cm³/mol. The first kappa shape index (κ1) is 12.3. The highest BCUT2D eigenvalue weighted by molar-refractivity contribution is 7.13. The molecule has 0 spiro atoms. The number of hydrogen-bond donors (Lipinski definition) is 1. The van der Waals surface area contributed by atoms with E-state index >= 15 is 0 Å². The first-order valence-corrected chi connectivity index (χ1v) is 5.70. The minimum absolute atomic E-state index is 0.0288. The molecule has 2 rings (SSSR count). The molecule has 1 heterocycles. The summed E-state index contributed by atoms with van der Waals surface area (Å²) in [6.45, 7) is 0. The third kappa shape index (κ3) is 2.55. The van der Waals surface area contributed by atoms with Crippen molar-refractivity contribution in [1.29, 1.82) is 0 Å². The third-order valence-electron chi connectivity index (χ3n) is 2.44. The highest BCUT2D eigenvalue weighted by atomic mass is 32.1. The van der Waals surface area contributed by atoms with E-state index in [0.717, 1.165) is 6.20 Å². The van der Waals surface area contributed by atoms with E-state index in [4.69, 9.17) is 5.73 Å². The summed E-state index contributed by atoms with van der Waals surface area (Å²) in [5, 5.41) is -0.993. The van der Waals surface area contributed by atoms with Gasteiger partial charge in [-0.25, -0.2) is 4.98 Å². The van der Waals surface area contributed by atoms with Crippen molar-refractivity contribution in [2.45, 2.75) is 18.6 Å². The Morgan fingerprint density at radius 2 is 2.18 bits per heavy atom. The van der Waals surface area contributed by atoms with Gasteiger partial charge in [-0.15, -0.1) is 11.3 Å². The van der Waals surface area contributed by atoms with Gasteiger partial charge in [0.15, 0.2) is 10.8 Å². The Kier molecular flexibility index (Phi) is 3.05. The summed E-state index contributed by atoms with van der Waals surface area (Å²) in [4.78, 5) is 15.1. The number of ketones is 1. The summed E-state index contributed by atoms with van der Waals surface area (Å²) in [5.41, 5.74) is 5.58. The van der Waals surface area contributed by atoms with Crippen LogP contribution < -0.4 is 5.73 Å². The van der Waals surface area contributed by atoms with Gasteiger partial charge in [0.1, 0.15) is 0 Å². The summed E-state index contributed by atoms with van der Waals surface area (Å²) < 4.78 is 36.9. The Labute approximate surface area is 99.1 Å². The summed E-state index contributed by atoms with van der Waals surface area (Å²) in [6.07, 6.45) is 0.255. The first-order valence-electron chi connectivity index (χ1n) is 4.89. The molecule has 0 fully saturated rings. The molecule has 1 aromatic heterocycles. The van der Waals surface area contributed by atoms with Crippen molar-refractivity contribution >= 4 is 17.1 Å². The molecule has 92 valence electrons. The van der Waals surface area contributed by atoms with Gasteiger partial charge in [0.2, 0.25) is 0 Å². The predicted octanol–water partition coefficient (Wildman–Crippen LogP) is 2.25. The molecule has 0 saturated heterocycles. The van der Waals surface area contributed by atoms with Crippen molar-refractivity contribution in [2.24, 2.45) is 11.7 Å². The van der Waals surface area contributed by atoms with Crippen molar-refractivity contribution in [3.63, 3.8) is 0 Å². The van der Waals surface area contributed by atoms with Crippen LogP contribution >= 0.6 is 11.3 Å². The van der Waals surface area contributed by atoms with Crippen LogP contribution in [0.4, 0.5) is 13.2 Å². The molecule has 2 N–H and O–H groups in total. The molecular formula is C10H9F3N2OS. The van der Waals surface area contributed by atoms with E-state index in [1.54, 1.807) is 12.2 Å². The quantitative estimate of drug-likeness (QED) is 0.657. The van der Waals surface area contributed by atoms with E-state index in [2.05, 4.69) is 4.98 Å². The zero-order valence-corrected chi connectivity index (χ0v) is 9.39. The average Bonchev–Trinajstić information content (AvgIpc) is 2.83. The van der Waals surface area contributed by atoms with Gasteiger partial charge in [-0.1, -0.05) is 12.2 Å². The van der Waals surface area contributed by atoms with Crippen LogP contribution in [0.1, 0.15) is 21.1 Å². The highest BCUT2D eigenvalue weighted by Gasteiger charge is 2.36. The van der Waals surface area contributed by atoms with Gasteiger partial charge >= 0.3 is 6.18 Å². The maximum Gasteiger partial charge on any atom is 0.443 e. The number of nitrogens with zero attached hydrogens (tertiary/aromatic N) is 1. The number of allylic oxidation sites excluding steroid dienone is 1. The summed E-state index contributed by atoms with van der Waals surface area (Å²) in [6, 6.07) is -0.195. The molecule has 1 aliphatic rings. The van der Waals surface area contributed by atoms with Gasteiger partial charge in [0.25, 0.3) is 0 Å². The van der Waals surface area contributed by atoms with Crippen LogP contribution in [-0.2, 0) is 6.18 Å². The Bertz CT molecular complexity index is 466. The van der Waals surface area contributed by atoms with Gasteiger partial charge in [-0.3, -0.25) is 4.79 Å². The molecular weight excluding hydrogens is 253 g/mol. The van der Waals surface area contributed by atoms with Crippen LogP contribution in [-0.4, -0.2) is 16.8 Å². The van der Waals surface area contributed by atoms with Crippen molar-refractivity contribution < 1.29 is 18.0 Å². The molecule has 1 aromatic rings. The standard InChI is InChI=1S/C10H9F3N2OS/c11-10(12,13)9-15-4-7(17-9)8(16)5-1-2-6(14)3-5/h1-2,4-6H,3,14H2. The van der Waals surface area contributed by atoms with E-state index in [1.807, 2.05) is 0 Å². The summed E-state index contributed by atoms with van der Waals surface area (Å²) in [7, 11) is 0. The molecule has 2 unspecified atom stereocenters. The van der Waals surface area contributed by atoms with Crippen molar-refractivity contribution in [3.05, 3.63) is 28.2 Å². The fraction of sp³-hybridized carbons (Fsp3) is 0.400. The van der Waals surface area contributed by atoms with Crippen LogP contribution in [0, 0.1) is 5.92 Å². The van der Waals surface area contributed by atoms with Crippen LogP contribution in [0.15, 0.2) is 18.3 Å². The molecule has 17 heavy (non-hydrogen) atoms. The monoisotopic (exact) mass is 262 g/mol. The lowest BCUT2D eigenvalue weighted by Crippen LogP contribution is -2.18. The number of carbonyl (C=O) groups is 1. The van der Waals surface area contributed by atoms with E-state index in [9.17, 15) is 18.0 Å². The summed E-state index contributed by atoms with van der Waals surface area (Å²) >= 11 is 0.376. The second kappa shape index (κ2) is 4.23. The first-order chi connectivity index (χ1) is 7.88. The molecule has 0 amide bonds. The van der Waals surface area contributed by atoms with Crippen LogP contribution in [0.2, 0.25) is 0 Å². The SMILES string of the molecule is NC1C=CC(C(=O)c2cnc(C(F)(F)F)s2)C1. The Balaban J connectivity index is 2.16. The van der Waals surface area contributed by atoms with Gasteiger partial charge in [-0.2, -0.15) is 13.2 Å². The molecule has 7 heteroatoms. The smallest absolute Gasteiger partial charge is 0.324 e. The topological polar surface area (TPSA) is 56.0 Å². The third-order valence-corrected chi connectivity index (χ3v) is 3.50. The van der Waals surface area contributed by atoms with Gasteiger partial charge < -0.3 is 5.73 Å². The Morgan fingerprint density at radius 1 is 1.47 bits per heavy atom. The van der Waals surface area contributed by atoms with Crippen LogP contribution in [0.3, 0.4) is 0 Å². The molecule has 0 aliphatic heterocycles. The Hall–Kier alpha value is -1.21. The molecule has 0 aromatic carbocycles. The zero-order valence-electron chi connectivity index (χ0n) is 8.57.